The van der Waals surface area contributed by atoms with Crippen LogP contribution in [-0.2, 0) is 6.42 Å². The van der Waals surface area contributed by atoms with Crippen LogP contribution in [0.1, 0.15) is 34.5 Å². The number of carbonyl (C=O) groups excluding carboxylic acids is 1. The summed E-state index contributed by atoms with van der Waals surface area (Å²) in [6.45, 7) is 2.72. The number of aromatic nitrogens is 1. The number of benzene rings is 2. The molecule has 5 heteroatoms. The lowest BCUT2D eigenvalue weighted by molar-refractivity contribution is 0.0732. The normalized spacial score (nSPS) is 16.9. The number of methoxy groups -OCH3 is 1. The molecule has 0 saturated carbocycles. The Morgan fingerprint density at radius 1 is 1.30 bits per heavy atom. The van der Waals surface area contributed by atoms with E-state index in [1.165, 1.54) is 11.6 Å². The van der Waals surface area contributed by atoms with Gasteiger partial charge in [-0.25, -0.2) is 4.39 Å². The van der Waals surface area contributed by atoms with Crippen LogP contribution in [0, 0.1) is 12.7 Å². The number of aromatic amines is 1. The monoisotopic (exact) mass is 366 g/mol. The van der Waals surface area contributed by atoms with Gasteiger partial charge in [-0.05, 0) is 62.1 Å². The Labute approximate surface area is 157 Å². The van der Waals surface area contributed by atoms with E-state index in [-0.39, 0.29) is 17.5 Å². The largest absolute Gasteiger partial charge is 0.497 e. The fourth-order valence-corrected chi connectivity index (χ4v) is 4.09. The zero-order valence-electron chi connectivity index (χ0n) is 15.6. The number of rotatable bonds is 4. The van der Waals surface area contributed by atoms with Crippen molar-refractivity contribution in [2.45, 2.75) is 32.2 Å². The van der Waals surface area contributed by atoms with Crippen LogP contribution in [0.15, 0.2) is 42.5 Å². The van der Waals surface area contributed by atoms with Crippen molar-refractivity contribution in [2.75, 3.05) is 13.7 Å². The van der Waals surface area contributed by atoms with Crippen LogP contribution in [-0.4, -0.2) is 35.5 Å². The number of amides is 1. The van der Waals surface area contributed by atoms with Gasteiger partial charge in [-0.1, -0.05) is 12.1 Å². The van der Waals surface area contributed by atoms with Gasteiger partial charge < -0.3 is 14.6 Å². The van der Waals surface area contributed by atoms with E-state index in [2.05, 4.69) is 11.9 Å². The second-order valence-corrected chi connectivity index (χ2v) is 7.12. The summed E-state index contributed by atoms with van der Waals surface area (Å²) in [4.78, 5) is 18.2. The van der Waals surface area contributed by atoms with Crippen molar-refractivity contribution >= 4 is 16.8 Å². The minimum atomic E-state index is -0.457. The number of fused-ring (bicyclic) bond motifs is 1. The van der Waals surface area contributed by atoms with E-state index in [0.29, 0.717) is 6.54 Å². The van der Waals surface area contributed by atoms with Crippen molar-refractivity contribution in [3.05, 3.63) is 65.1 Å². The summed E-state index contributed by atoms with van der Waals surface area (Å²) in [6.07, 6.45) is 2.62. The number of halogens is 1. The molecule has 0 bridgehead atoms. The van der Waals surface area contributed by atoms with Gasteiger partial charge in [0.05, 0.1) is 12.7 Å². The van der Waals surface area contributed by atoms with Gasteiger partial charge in [0.25, 0.3) is 5.91 Å². The van der Waals surface area contributed by atoms with Crippen molar-refractivity contribution in [3.8, 4) is 5.75 Å². The Morgan fingerprint density at radius 3 is 2.89 bits per heavy atom. The van der Waals surface area contributed by atoms with E-state index in [0.717, 1.165) is 41.6 Å². The molecule has 1 aliphatic rings. The van der Waals surface area contributed by atoms with Crippen LogP contribution in [0.2, 0.25) is 0 Å². The number of carbonyl (C=O) groups is 1. The first kappa shape index (κ1) is 17.6. The zero-order valence-corrected chi connectivity index (χ0v) is 15.6. The van der Waals surface area contributed by atoms with Gasteiger partial charge in [-0.2, -0.15) is 0 Å². The molecule has 0 spiro atoms. The average molecular weight is 366 g/mol. The van der Waals surface area contributed by atoms with Crippen LogP contribution in [0.5, 0.6) is 5.75 Å². The highest BCUT2D eigenvalue weighted by atomic mass is 19.1. The van der Waals surface area contributed by atoms with Crippen LogP contribution in [0.3, 0.4) is 0 Å². The molecule has 0 radical (unpaired) electrons. The van der Waals surface area contributed by atoms with Crippen LogP contribution >= 0.6 is 0 Å². The van der Waals surface area contributed by atoms with Crippen molar-refractivity contribution in [2.24, 2.45) is 0 Å². The molecule has 1 aliphatic heterocycles. The minimum Gasteiger partial charge on any atom is -0.497 e. The molecular weight excluding hydrogens is 343 g/mol. The second-order valence-electron chi connectivity index (χ2n) is 7.12. The first-order chi connectivity index (χ1) is 13.1. The topological polar surface area (TPSA) is 45.3 Å². The van der Waals surface area contributed by atoms with Crippen LogP contribution < -0.4 is 4.74 Å². The van der Waals surface area contributed by atoms with E-state index in [1.54, 1.807) is 25.3 Å². The molecule has 27 heavy (non-hydrogen) atoms. The SMILES string of the molecule is COc1ccc2[nH]c(C)c(CC3CCCN3C(=O)c3ccccc3F)c2c1. The average Bonchev–Trinajstić information content (AvgIpc) is 3.26. The highest BCUT2D eigenvalue weighted by Gasteiger charge is 2.31. The lowest BCUT2D eigenvalue weighted by atomic mass is 10.0. The fourth-order valence-electron chi connectivity index (χ4n) is 4.09. The molecule has 0 aliphatic carbocycles. The van der Waals surface area contributed by atoms with E-state index in [1.807, 2.05) is 23.1 Å². The Balaban J connectivity index is 1.64. The van der Waals surface area contributed by atoms with Gasteiger partial charge in [-0.15, -0.1) is 0 Å². The number of nitrogens with zero attached hydrogens (tertiary/aromatic N) is 1. The summed E-state index contributed by atoms with van der Waals surface area (Å²) in [6, 6.07) is 12.3. The van der Waals surface area contributed by atoms with Gasteiger partial charge >= 0.3 is 0 Å². The third-order valence-electron chi connectivity index (χ3n) is 5.51. The zero-order chi connectivity index (χ0) is 19.0. The molecule has 1 saturated heterocycles. The molecule has 4 nitrogen and oxygen atoms in total. The molecule has 2 aromatic carbocycles. The summed E-state index contributed by atoms with van der Waals surface area (Å²) >= 11 is 0. The van der Waals surface area contributed by atoms with Gasteiger partial charge in [0.15, 0.2) is 0 Å². The minimum absolute atomic E-state index is 0.0704. The molecule has 140 valence electrons. The Bertz CT molecular complexity index is 995. The predicted octanol–water partition coefficient (Wildman–Crippen LogP) is 4.47. The predicted molar refractivity (Wildman–Crippen MR) is 104 cm³/mol. The molecular formula is C22H23FN2O2. The second kappa shape index (κ2) is 7.06. The van der Waals surface area contributed by atoms with E-state index in [9.17, 15) is 9.18 Å². The van der Waals surface area contributed by atoms with Crippen molar-refractivity contribution in [1.29, 1.82) is 0 Å². The number of hydrogen-bond donors (Lipinski definition) is 1. The Hall–Kier alpha value is -2.82. The molecule has 1 unspecified atom stereocenters. The summed E-state index contributed by atoms with van der Waals surface area (Å²) < 4.78 is 19.5. The number of nitrogens with one attached hydrogen (secondary N) is 1. The molecule has 1 fully saturated rings. The lowest BCUT2D eigenvalue weighted by Gasteiger charge is -2.25. The van der Waals surface area contributed by atoms with Crippen molar-refractivity contribution in [1.82, 2.24) is 9.88 Å². The highest BCUT2D eigenvalue weighted by molar-refractivity contribution is 5.95. The highest BCUT2D eigenvalue weighted by Crippen LogP contribution is 2.31. The maximum absolute atomic E-state index is 14.1. The van der Waals surface area contributed by atoms with E-state index in [4.69, 9.17) is 4.74 Å². The van der Waals surface area contributed by atoms with Gasteiger partial charge in [0.2, 0.25) is 0 Å². The van der Waals surface area contributed by atoms with Crippen LogP contribution in [0.4, 0.5) is 4.39 Å². The molecule has 2 heterocycles. The van der Waals surface area contributed by atoms with Crippen molar-refractivity contribution < 1.29 is 13.9 Å². The molecule has 1 atom stereocenters. The number of aryl methyl sites for hydroxylation is 1. The molecule has 3 aromatic rings. The van der Waals surface area contributed by atoms with Crippen molar-refractivity contribution in [3.63, 3.8) is 0 Å². The van der Waals surface area contributed by atoms with Gasteiger partial charge in [0, 0.05) is 29.2 Å². The number of hydrogen-bond acceptors (Lipinski definition) is 2. The maximum Gasteiger partial charge on any atom is 0.257 e. The maximum atomic E-state index is 14.1. The fraction of sp³-hybridized carbons (Fsp3) is 0.318. The molecule has 1 amide bonds. The summed E-state index contributed by atoms with van der Waals surface area (Å²) in [5.74, 6) is 0.139. The third kappa shape index (κ3) is 3.18. The first-order valence-corrected chi connectivity index (χ1v) is 9.29. The van der Waals surface area contributed by atoms with Gasteiger partial charge in [-0.3, -0.25) is 4.79 Å². The Morgan fingerprint density at radius 2 is 2.11 bits per heavy atom. The molecule has 4 rings (SSSR count). The summed E-state index contributed by atoms with van der Waals surface area (Å²) in [5, 5.41) is 1.12. The van der Waals surface area contributed by atoms with Gasteiger partial charge in [0.1, 0.15) is 11.6 Å². The number of ether oxygens (including phenoxy) is 1. The third-order valence-corrected chi connectivity index (χ3v) is 5.51. The lowest BCUT2D eigenvalue weighted by Crippen LogP contribution is -2.37. The summed E-state index contributed by atoms with van der Waals surface area (Å²) in [5.41, 5.74) is 3.51. The van der Waals surface area contributed by atoms with Crippen LogP contribution in [0.25, 0.3) is 10.9 Å². The smallest absolute Gasteiger partial charge is 0.257 e. The van der Waals surface area contributed by atoms with E-state index >= 15 is 0 Å². The quantitative estimate of drug-likeness (QED) is 0.740. The Kier molecular flexibility index (Phi) is 4.60. The number of H-pyrrole nitrogens is 1. The standard InChI is InChI=1S/C22H23FN2O2/c1-14-18(19-13-16(27-2)9-10-21(19)24-14)12-15-6-5-11-25(15)22(26)17-7-3-4-8-20(17)23/h3-4,7-10,13,15,24H,5-6,11-12H2,1-2H3. The molecule has 1 N–H and O–H groups in total. The summed E-state index contributed by atoms with van der Waals surface area (Å²) in [7, 11) is 1.66. The first-order valence-electron chi connectivity index (χ1n) is 9.29. The number of likely N-dealkylation sites (tertiary alicyclic amines) is 1. The molecule has 1 aromatic heterocycles. The van der Waals surface area contributed by atoms with E-state index < -0.39 is 5.82 Å².